The summed E-state index contributed by atoms with van der Waals surface area (Å²) in [6.07, 6.45) is 0.290. The molecular formula is C12H11FN2O4. The van der Waals surface area contributed by atoms with Crippen molar-refractivity contribution in [2.24, 2.45) is 0 Å². The molecule has 100 valence electrons. The number of halogens is 1. The van der Waals surface area contributed by atoms with Crippen LogP contribution in [0.25, 0.3) is 0 Å². The quantitative estimate of drug-likeness (QED) is 0.660. The largest absolute Gasteiger partial charge is 0.507 e. The Morgan fingerprint density at radius 3 is 2.84 bits per heavy atom. The summed E-state index contributed by atoms with van der Waals surface area (Å²) >= 11 is 0. The molecule has 0 spiro atoms. The summed E-state index contributed by atoms with van der Waals surface area (Å²) in [5, 5.41) is 13.9. The van der Waals surface area contributed by atoms with E-state index < -0.39 is 29.6 Å². The highest BCUT2D eigenvalue weighted by Crippen LogP contribution is 2.18. The highest BCUT2D eigenvalue weighted by atomic mass is 19.1. The number of aromatic hydroxyl groups is 1. The predicted molar refractivity (Wildman–Crippen MR) is 61.7 cm³/mol. The zero-order chi connectivity index (χ0) is 14.0. The number of rotatable bonds is 2. The van der Waals surface area contributed by atoms with Crippen LogP contribution in [0.15, 0.2) is 18.2 Å². The summed E-state index contributed by atoms with van der Waals surface area (Å²) < 4.78 is 13.0. The summed E-state index contributed by atoms with van der Waals surface area (Å²) in [5.41, 5.74) is -0.260. The monoisotopic (exact) mass is 266 g/mol. The highest BCUT2D eigenvalue weighted by Gasteiger charge is 2.28. The Morgan fingerprint density at radius 1 is 1.42 bits per heavy atom. The van der Waals surface area contributed by atoms with Gasteiger partial charge in [0.1, 0.15) is 17.6 Å². The zero-order valence-electron chi connectivity index (χ0n) is 9.77. The molecule has 3 amide bonds. The molecule has 7 heteroatoms. The van der Waals surface area contributed by atoms with Crippen molar-refractivity contribution in [2.45, 2.75) is 18.9 Å². The predicted octanol–water partition coefficient (Wildman–Crippen LogP) is 0.0663. The molecule has 1 heterocycles. The molecule has 3 N–H and O–H groups in total. The van der Waals surface area contributed by atoms with Gasteiger partial charge in [0.15, 0.2) is 0 Å². The first-order chi connectivity index (χ1) is 8.97. The first-order valence-corrected chi connectivity index (χ1v) is 5.60. The van der Waals surface area contributed by atoms with Crippen molar-refractivity contribution < 1.29 is 23.9 Å². The lowest BCUT2D eigenvalue weighted by atomic mass is 10.1. The zero-order valence-corrected chi connectivity index (χ0v) is 9.77. The van der Waals surface area contributed by atoms with E-state index >= 15 is 0 Å². The van der Waals surface area contributed by atoms with E-state index in [2.05, 4.69) is 10.6 Å². The lowest BCUT2D eigenvalue weighted by Crippen LogP contribution is -2.52. The molecule has 0 radical (unpaired) electrons. The van der Waals surface area contributed by atoms with Crippen LogP contribution in [-0.4, -0.2) is 28.9 Å². The van der Waals surface area contributed by atoms with E-state index in [-0.39, 0.29) is 24.2 Å². The fourth-order valence-electron chi connectivity index (χ4n) is 1.76. The van der Waals surface area contributed by atoms with Crippen molar-refractivity contribution in [1.82, 2.24) is 10.6 Å². The SMILES string of the molecule is O=C1CCC(NC(=O)c2cc(F)ccc2O)C(=O)N1. The van der Waals surface area contributed by atoms with E-state index in [1.807, 2.05) is 0 Å². The van der Waals surface area contributed by atoms with Gasteiger partial charge < -0.3 is 10.4 Å². The van der Waals surface area contributed by atoms with Crippen LogP contribution in [0.5, 0.6) is 5.75 Å². The molecule has 0 aromatic heterocycles. The highest BCUT2D eigenvalue weighted by molar-refractivity contribution is 6.04. The van der Waals surface area contributed by atoms with Gasteiger partial charge in [-0.3, -0.25) is 19.7 Å². The van der Waals surface area contributed by atoms with Crippen molar-refractivity contribution in [1.29, 1.82) is 0 Å². The van der Waals surface area contributed by atoms with Gasteiger partial charge in [-0.25, -0.2) is 4.39 Å². The maximum absolute atomic E-state index is 13.0. The van der Waals surface area contributed by atoms with Crippen molar-refractivity contribution in [3.63, 3.8) is 0 Å². The molecule has 1 aromatic rings. The smallest absolute Gasteiger partial charge is 0.255 e. The maximum atomic E-state index is 13.0. The summed E-state index contributed by atoms with van der Waals surface area (Å²) in [7, 11) is 0. The molecule has 2 rings (SSSR count). The lowest BCUT2D eigenvalue weighted by Gasteiger charge is -2.21. The van der Waals surface area contributed by atoms with Gasteiger partial charge in [-0.1, -0.05) is 0 Å². The Labute approximate surface area is 107 Å². The molecule has 1 aromatic carbocycles. The van der Waals surface area contributed by atoms with Crippen LogP contribution in [0, 0.1) is 5.82 Å². The molecule has 1 aliphatic heterocycles. The van der Waals surface area contributed by atoms with Crippen LogP contribution in [-0.2, 0) is 9.59 Å². The minimum atomic E-state index is -0.868. The van der Waals surface area contributed by atoms with Crippen molar-refractivity contribution >= 4 is 17.7 Å². The van der Waals surface area contributed by atoms with Crippen molar-refractivity contribution in [3.05, 3.63) is 29.6 Å². The van der Waals surface area contributed by atoms with Gasteiger partial charge in [0.25, 0.3) is 5.91 Å². The Balaban J connectivity index is 2.11. The Morgan fingerprint density at radius 2 is 2.16 bits per heavy atom. The molecule has 1 unspecified atom stereocenters. The standard InChI is InChI=1S/C12H11FN2O4/c13-6-1-3-9(16)7(5-6)11(18)14-8-2-4-10(17)15-12(8)19/h1,3,5,8,16H,2,4H2,(H,14,18)(H,15,17,19). The molecule has 1 fully saturated rings. The number of carbonyl (C=O) groups excluding carboxylic acids is 3. The van der Waals surface area contributed by atoms with Gasteiger partial charge in [0, 0.05) is 6.42 Å². The lowest BCUT2D eigenvalue weighted by molar-refractivity contribution is -0.134. The number of phenols is 1. The minimum Gasteiger partial charge on any atom is -0.507 e. The number of piperidine rings is 1. The second-order valence-electron chi connectivity index (χ2n) is 4.14. The Bertz CT molecular complexity index is 559. The van der Waals surface area contributed by atoms with Crippen molar-refractivity contribution in [2.75, 3.05) is 0 Å². The van der Waals surface area contributed by atoms with E-state index in [1.165, 1.54) is 0 Å². The summed E-state index contributed by atoms with van der Waals surface area (Å²) in [6, 6.07) is 2.07. The van der Waals surface area contributed by atoms with Crippen LogP contribution < -0.4 is 10.6 Å². The summed E-state index contributed by atoms with van der Waals surface area (Å²) in [6.45, 7) is 0. The number of carbonyl (C=O) groups is 3. The number of benzene rings is 1. The molecule has 1 saturated heterocycles. The van der Waals surface area contributed by atoms with Gasteiger partial charge in [-0.15, -0.1) is 0 Å². The maximum Gasteiger partial charge on any atom is 0.255 e. The summed E-state index contributed by atoms with van der Waals surface area (Å²) in [5.74, 6) is -2.84. The first-order valence-electron chi connectivity index (χ1n) is 5.60. The van der Waals surface area contributed by atoms with Crippen LogP contribution >= 0.6 is 0 Å². The van der Waals surface area contributed by atoms with Crippen LogP contribution in [0.3, 0.4) is 0 Å². The first kappa shape index (κ1) is 13.0. The van der Waals surface area contributed by atoms with Crippen LogP contribution in [0.2, 0.25) is 0 Å². The molecule has 1 atom stereocenters. The van der Waals surface area contributed by atoms with Gasteiger partial charge >= 0.3 is 0 Å². The van der Waals surface area contributed by atoms with Gasteiger partial charge in [-0.2, -0.15) is 0 Å². The number of amides is 3. The number of hydrogen-bond acceptors (Lipinski definition) is 4. The molecule has 0 saturated carbocycles. The number of imide groups is 1. The third-order valence-electron chi connectivity index (χ3n) is 2.75. The molecule has 0 bridgehead atoms. The molecule has 19 heavy (non-hydrogen) atoms. The van der Waals surface area contributed by atoms with E-state index in [4.69, 9.17) is 0 Å². The third-order valence-corrected chi connectivity index (χ3v) is 2.75. The Hall–Kier alpha value is -2.44. The molecule has 6 nitrogen and oxygen atoms in total. The van der Waals surface area contributed by atoms with Crippen molar-refractivity contribution in [3.8, 4) is 5.75 Å². The second kappa shape index (κ2) is 5.05. The average molecular weight is 266 g/mol. The second-order valence-corrected chi connectivity index (χ2v) is 4.14. The van der Waals surface area contributed by atoms with E-state index in [9.17, 15) is 23.9 Å². The van der Waals surface area contributed by atoms with Gasteiger partial charge in [-0.05, 0) is 24.6 Å². The fraction of sp³-hybridized carbons (Fsp3) is 0.250. The van der Waals surface area contributed by atoms with E-state index in [0.29, 0.717) is 0 Å². The van der Waals surface area contributed by atoms with E-state index in [1.54, 1.807) is 0 Å². The molecular weight excluding hydrogens is 255 g/mol. The Kier molecular flexibility index (Phi) is 3.46. The average Bonchev–Trinajstić information content (AvgIpc) is 2.35. The number of phenolic OH excluding ortho intramolecular Hbond substituents is 1. The summed E-state index contributed by atoms with van der Waals surface area (Å²) in [4.78, 5) is 34.2. The van der Waals surface area contributed by atoms with Gasteiger partial charge in [0.05, 0.1) is 5.56 Å². The number of hydrogen-bond donors (Lipinski definition) is 3. The minimum absolute atomic E-state index is 0.117. The number of nitrogens with one attached hydrogen (secondary N) is 2. The topological polar surface area (TPSA) is 95.5 Å². The van der Waals surface area contributed by atoms with Gasteiger partial charge in [0.2, 0.25) is 11.8 Å². The normalized spacial score (nSPS) is 18.9. The third kappa shape index (κ3) is 2.87. The molecule has 0 aliphatic carbocycles. The fourth-order valence-corrected chi connectivity index (χ4v) is 1.76. The van der Waals surface area contributed by atoms with Crippen LogP contribution in [0.1, 0.15) is 23.2 Å². The van der Waals surface area contributed by atoms with E-state index in [0.717, 1.165) is 18.2 Å². The molecule has 1 aliphatic rings. The van der Waals surface area contributed by atoms with Crippen LogP contribution in [0.4, 0.5) is 4.39 Å².